The van der Waals surface area contributed by atoms with Gasteiger partial charge in [0, 0.05) is 5.92 Å². The van der Waals surface area contributed by atoms with E-state index in [0.29, 0.717) is 12.0 Å². The van der Waals surface area contributed by atoms with Crippen molar-refractivity contribution in [2.75, 3.05) is 26.3 Å². The lowest BCUT2D eigenvalue weighted by Gasteiger charge is -2.40. The van der Waals surface area contributed by atoms with Crippen LogP contribution in [0.4, 0.5) is 0 Å². The molecule has 0 aromatic carbocycles. The highest BCUT2D eigenvalue weighted by Crippen LogP contribution is 2.20. The van der Waals surface area contributed by atoms with Gasteiger partial charge in [-0.3, -0.25) is 4.90 Å². The zero-order chi connectivity index (χ0) is 8.39. The highest BCUT2D eigenvalue weighted by molar-refractivity contribution is 4.90. The van der Waals surface area contributed by atoms with Crippen LogP contribution in [-0.2, 0) is 4.74 Å². The second-order valence-corrected chi connectivity index (χ2v) is 3.63. The van der Waals surface area contributed by atoms with Crippen LogP contribution in [0.25, 0.3) is 0 Å². The lowest BCUT2D eigenvalue weighted by molar-refractivity contribution is -0.0720. The molecule has 2 saturated heterocycles. The van der Waals surface area contributed by atoms with Gasteiger partial charge >= 0.3 is 0 Å². The standard InChI is InChI=1S/C9H14N2O/c10-5-8-1-3-11(4-2-8)9-6-12-7-9/h8-9H,1-4,6-7H2. The third kappa shape index (κ3) is 1.45. The molecule has 2 heterocycles. The lowest BCUT2D eigenvalue weighted by atomic mass is 9.97. The van der Waals surface area contributed by atoms with Crippen molar-refractivity contribution >= 4 is 0 Å². The van der Waals surface area contributed by atoms with Crippen LogP contribution in [0.1, 0.15) is 12.8 Å². The molecule has 2 aliphatic rings. The molecule has 0 spiro atoms. The molecule has 0 aromatic rings. The first kappa shape index (κ1) is 8.03. The van der Waals surface area contributed by atoms with Crippen molar-refractivity contribution in [1.82, 2.24) is 4.90 Å². The van der Waals surface area contributed by atoms with Gasteiger partial charge in [0.1, 0.15) is 0 Å². The Hall–Kier alpha value is -0.590. The molecular formula is C9H14N2O. The van der Waals surface area contributed by atoms with Gasteiger partial charge < -0.3 is 4.74 Å². The summed E-state index contributed by atoms with van der Waals surface area (Å²) in [5, 5.41) is 8.69. The smallest absolute Gasteiger partial charge is 0.0656 e. The van der Waals surface area contributed by atoms with E-state index in [-0.39, 0.29) is 0 Å². The van der Waals surface area contributed by atoms with Gasteiger partial charge in [0.25, 0.3) is 0 Å². The fourth-order valence-corrected chi connectivity index (χ4v) is 1.83. The molecule has 0 atom stereocenters. The SMILES string of the molecule is N#CC1CCN(C2COC2)CC1. The number of likely N-dealkylation sites (tertiary alicyclic amines) is 1. The molecule has 66 valence electrons. The summed E-state index contributed by atoms with van der Waals surface area (Å²) in [5.74, 6) is 0.308. The molecule has 0 unspecified atom stereocenters. The van der Waals surface area contributed by atoms with E-state index in [0.717, 1.165) is 39.1 Å². The number of hydrogen-bond donors (Lipinski definition) is 0. The summed E-state index contributed by atoms with van der Waals surface area (Å²) in [6.07, 6.45) is 2.10. The molecular weight excluding hydrogens is 152 g/mol. The Morgan fingerprint density at radius 1 is 1.25 bits per heavy atom. The minimum absolute atomic E-state index is 0.308. The van der Waals surface area contributed by atoms with E-state index in [1.807, 2.05) is 0 Å². The zero-order valence-corrected chi connectivity index (χ0v) is 7.20. The maximum Gasteiger partial charge on any atom is 0.0656 e. The number of rotatable bonds is 1. The Morgan fingerprint density at radius 3 is 2.33 bits per heavy atom. The molecule has 0 bridgehead atoms. The van der Waals surface area contributed by atoms with Gasteiger partial charge in [0.05, 0.1) is 25.3 Å². The van der Waals surface area contributed by atoms with Gasteiger partial charge in [-0.25, -0.2) is 0 Å². The van der Waals surface area contributed by atoms with Crippen LogP contribution >= 0.6 is 0 Å². The Kier molecular flexibility index (Phi) is 2.29. The van der Waals surface area contributed by atoms with E-state index in [9.17, 15) is 0 Å². The Morgan fingerprint density at radius 2 is 1.92 bits per heavy atom. The molecule has 3 heteroatoms. The molecule has 0 aliphatic carbocycles. The summed E-state index contributed by atoms with van der Waals surface area (Å²) in [6.45, 7) is 3.98. The van der Waals surface area contributed by atoms with Gasteiger partial charge in [-0.2, -0.15) is 5.26 Å². The minimum Gasteiger partial charge on any atom is -0.378 e. The Labute approximate surface area is 72.9 Å². The van der Waals surface area contributed by atoms with Crippen LogP contribution in [0.5, 0.6) is 0 Å². The monoisotopic (exact) mass is 166 g/mol. The minimum atomic E-state index is 0.308. The second-order valence-electron chi connectivity index (χ2n) is 3.63. The summed E-state index contributed by atoms with van der Waals surface area (Å²) >= 11 is 0. The Bertz CT molecular complexity index is 187. The fourth-order valence-electron chi connectivity index (χ4n) is 1.83. The average molecular weight is 166 g/mol. The van der Waals surface area contributed by atoms with Crippen molar-refractivity contribution in [1.29, 1.82) is 5.26 Å². The zero-order valence-electron chi connectivity index (χ0n) is 7.20. The van der Waals surface area contributed by atoms with Crippen LogP contribution in [0, 0.1) is 17.2 Å². The molecule has 2 aliphatic heterocycles. The van der Waals surface area contributed by atoms with Gasteiger partial charge in [-0.15, -0.1) is 0 Å². The van der Waals surface area contributed by atoms with Gasteiger partial charge in [0.15, 0.2) is 0 Å². The van der Waals surface area contributed by atoms with Crippen molar-refractivity contribution in [3.63, 3.8) is 0 Å². The van der Waals surface area contributed by atoms with E-state index < -0.39 is 0 Å². The molecule has 0 amide bonds. The lowest BCUT2D eigenvalue weighted by Crippen LogP contribution is -2.51. The van der Waals surface area contributed by atoms with E-state index in [4.69, 9.17) is 10.00 Å². The largest absolute Gasteiger partial charge is 0.378 e. The number of nitrogens with zero attached hydrogens (tertiary/aromatic N) is 2. The predicted octanol–water partition coefficient (Wildman–Crippen LogP) is 0.621. The van der Waals surface area contributed by atoms with E-state index >= 15 is 0 Å². The summed E-state index contributed by atoms with van der Waals surface area (Å²) in [5.41, 5.74) is 0. The van der Waals surface area contributed by atoms with Crippen molar-refractivity contribution in [3.8, 4) is 6.07 Å². The Balaban J connectivity index is 1.78. The molecule has 0 saturated carbocycles. The molecule has 2 fully saturated rings. The molecule has 0 aromatic heterocycles. The summed E-state index contributed by atoms with van der Waals surface area (Å²) in [4.78, 5) is 2.46. The highest BCUT2D eigenvalue weighted by atomic mass is 16.5. The first-order valence-electron chi connectivity index (χ1n) is 4.61. The predicted molar refractivity (Wildman–Crippen MR) is 44.5 cm³/mol. The van der Waals surface area contributed by atoms with E-state index in [1.165, 1.54) is 0 Å². The number of nitriles is 1. The number of ether oxygens (including phenoxy) is 1. The third-order valence-electron chi connectivity index (χ3n) is 2.85. The number of hydrogen-bond acceptors (Lipinski definition) is 3. The van der Waals surface area contributed by atoms with Crippen molar-refractivity contribution in [2.45, 2.75) is 18.9 Å². The topological polar surface area (TPSA) is 36.3 Å². The van der Waals surface area contributed by atoms with Crippen LogP contribution in [0.2, 0.25) is 0 Å². The van der Waals surface area contributed by atoms with Gasteiger partial charge in [0.2, 0.25) is 0 Å². The van der Waals surface area contributed by atoms with Crippen molar-refractivity contribution in [2.24, 2.45) is 5.92 Å². The van der Waals surface area contributed by atoms with Gasteiger partial charge in [-0.1, -0.05) is 0 Å². The molecule has 12 heavy (non-hydrogen) atoms. The summed E-state index contributed by atoms with van der Waals surface area (Å²) < 4.78 is 5.13. The van der Waals surface area contributed by atoms with Crippen molar-refractivity contribution in [3.05, 3.63) is 0 Å². The maximum absolute atomic E-state index is 8.69. The summed E-state index contributed by atoms with van der Waals surface area (Å²) in [7, 11) is 0. The second kappa shape index (κ2) is 3.42. The maximum atomic E-state index is 8.69. The summed E-state index contributed by atoms with van der Waals surface area (Å²) in [6, 6.07) is 3.00. The first-order valence-corrected chi connectivity index (χ1v) is 4.61. The third-order valence-corrected chi connectivity index (χ3v) is 2.85. The first-order chi connectivity index (χ1) is 5.90. The van der Waals surface area contributed by atoms with Crippen LogP contribution in [0.3, 0.4) is 0 Å². The normalized spacial score (nSPS) is 27.9. The van der Waals surface area contributed by atoms with E-state index in [1.54, 1.807) is 0 Å². The number of piperidine rings is 1. The average Bonchev–Trinajstić information content (AvgIpc) is 2.03. The highest BCUT2D eigenvalue weighted by Gasteiger charge is 2.29. The molecule has 2 rings (SSSR count). The van der Waals surface area contributed by atoms with Crippen LogP contribution in [0.15, 0.2) is 0 Å². The van der Waals surface area contributed by atoms with Crippen LogP contribution in [-0.4, -0.2) is 37.2 Å². The molecule has 0 radical (unpaired) electrons. The molecule has 3 nitrogen and oxygen atoms in total. The quantitative estimate of drug-likeness (QED) is 0.573. The van der Waals surface area contributed by atoms with Gasteiger partial charge in [-0.05, 0) is 25.9 Å². The molecule has 0 N–H and O–H groups in total. The van der Waals surface area contributed by atoms with Crippen molar-refractivity contribution < 1.29 is 4.74 Å². The van der Waals surface area contributed by atoms with E-state index in [2.05, 4.69) is 11.0 Å². The fraction of sp³-hybridized carbons (Fsp3) is 0.889. The van der Waals surface area contributed by atoms with Crippen LogP contribution < -0.4 is 0 Å².